The molecule has 0 saturated heterocycles. The smallest absolute Gasteiger partial charge is 0.281 e. The number of halogens is 1. The quantitative estimate of drug-likeness (QED) is 0.280. The number of fused-ring (bicyclic) bond motifs is 1. The highest BCUT2D eigenvalue weighted by Crippen LogP contribution is 2.38. The lowest BCUT2D eigenvalue weighted by Gasteiger charge is -2.31. The van der Waals surface area contributed by atoms with Gasteiger partial charge in [0.1, 0.15) is 5.82 Å². The van der Waals surface area contributed by atoms with Gasteiger partial charge in [0.2, 0.25) is 0 Å². The van der Waals surface area contributed by atoms with Crippen LogP contribution < -0.4 is 5.56 Å². The number of benzene rings is 1. The predicted octanol–water partition coefficient (Wildman–Crippen LogP) is 9.90. The standard InChI is InChI=1S/C28H39BrN2O.C3H8/c1-6-9-10-13-21(12-7-2)22-16-17-24(20(5)18-22)31-25-15-11-14-23(29)26(25)28(32)30-27(31)19(4)8-3;1-3-2/h11,14-16,18-19,21,24H,6-10,12-13,17H2,1-5H3;3H2,1-2H3. The van der Waals surface area contributed by atoms with Gasteiger partial charge in [0, 0.05) is 10.4 Å². The van der Waals surface area contributed by atoms with E-state index in [1.54, 1.807) is 0 Å². The van der Waals surface area contributed by atoms with Crippen LogP contribution >= 0.6 is 15.9 Å². The monoisotopic (exact) mass is 542 g/mol. The largest absolute Gasteiger partial charge is 0.321 e. The third-order valence-corrected chi connectivity index (χ3v) is 7.72. The molecule has 2 aromatic rings. The second-order valence-corrected chi connectivity index (χ2v) is 11.0. The van der Waals surface area contributed by atoms with Crippen LogP contribution in [0.5, 0.6) is 0 Å². The van der Waals surface area contributed by atoms with E-state index in [4.69, 9.17) is 0 Å². The van der Waals surface area contributed by atoms with Crippen LogP contribution in [0.3, 0.4) is 0 Å². The van der Waals surface area contributed by atoms with Crippen LogP contribution in [0.15, 0.2) is 50.8 Å². The topological polar surface area (TPSA) is 34.9 Å². The third-order valence-electron chi connectivity index (χ3n) is 7.05. The molecule has 1 aliphatic carbocycles. The van der Waals surface area contributed by atoms with Crippen molar-refractivity contribution < 1.29 is 0 Å². The molecule has 0 spiro atoms. The number of hydrogen-bond donors (Lipinski definition) is 0. The van der Waals surface area contributed by atoms with Crippen LogP contribution in [0.2, 0.25) is 0 Å². The SMILES string of the molecule is CCC.CCCCCC(CCC)C1=CCC(n2c(C(C)CC)nc(=O)c3c(Br)cccc32)C(C)=C1. The Morgan fingerprint density at radius 2 is 1.80 bits per heavy atom. The minimum absolute atomic E-state index is 0.133. The van der Waals surface area contributed by atoms with Crippen molar-refractivity contribution in [3.63, 3.8) is 0 Å². The van der Waals surface area contributed by atoms with Crippen molar-refractivity contribution in [2.24, 2.45) is 5.92 Å². The van der Waals surface area contributed by atoms with Gasteiger partial charge in [-0.3, -0.25) is 4.79 Å². The van der Waals surface area contributed by atoms with Gasteiger partial charge in [-0.25, -0.2) is 0 Å². The number of unbranched alkanes of at least 4 members (excludes halogenated alkanes) is 2. The lowest BCUT2D eigenvalue weighted by molar-refractivity contribution is 0.472. The van der Waals surface area contributed by atoms with Gasteiger partial charge in [-0.15, -0.1) is 0 Å². The van der Waals surface area contributed by atoms with Crippen LogP contribution in [0, 0.1) is 5.92 Å². The summed E-state index contributed by atoms with van der Waals surface area (Å²) in [6, 6.07) is 6.24. The van der Waals surface area contributed by atoms with Crippen LogP contribution in [-0.2, 0) is 0 Å². The van der Waals surface area contributed by atoms with E-state index in [9.17, 15) is 4.79 Å². The van der Waals surface area contributed by atoms with E-state index in [2.05, 4.69) is 92.2 Å². The molecule has 35 heavy (non-hydrogen) atoms. The lowest BCUT2D eigenvalue weighted by atomic mass is 9.83. The van der Waals surface area contributed by atoms with E-state index in [0.29, 0.717) is 11.3 Å². The predicted molar refractivity (Wildman–Crippen MR) is 156 cm³/mol. The van der Waals surface area contributed by atoms with Crippen LogP contribution in [0.25, 0.3) is 10.9 Å². The van der Waals surface area contributed by atoms with Gasteiger partial charge in [0.15, 0.2) is 0 Å². The van der Waals surface area contributed by atoms with E-state index in [1.165, 1.54) is 56.1 Å². The highest BCUT2D eigenvalue weighted by molar-refractivity contribution is 9.10. The van der Waals surface area contributed by atoms with Gasteiger partial charge in [-0.05, 0) is 77.7 Å². The minimum Gasteiger partial charge on any atom is -0.321 e. The first-order chi connectivity index (χ1) is 16.8. The van der Waals surface area contributed by atoms with E-state index in [0.717, 1.165) is 28.7 Å². The molecule has 0 bridgehead atoms. The summed E-state index contributed by atoms with van der Waals surface area (Å²) in [6.07, 6.45) is 15.7. The molecule has 3 rings (SSSR count). The fourth-order valence-corrected chi connectivity index (χ4v) is 5.56. The average Bonchev–Trinajstić information content (AvgIpc) is 2.84. The maximum absolute atomic E-state index is 12.9. The summed E-state index contributed by atoms with van der Waals surface area (Å²) in [7, 11) is 0. The summed E-state index contributed by atoms with van der Waals surface area (Å²) in [5.41, 5.74) is 3.74. The zero-order chi connectivity index (χ0) is 26.0. The summed E-state index contributed by atoms with van der Waals surface area (Å²) >= 11 is 3.60. The zero-order valence-corrected chi connectivity index (χ0v) is 24.7. The Morgan fingerprint density at radius 3 is 2.40 bits per heavy atom. The Hall–Kier alpha value is -1.68. The molecule has 0 aliphatic heterocycles. The van der Waals surface area contributed by atoms with Crippen molar-refractivity contribution in [2.45, 2.75) is 118 Å². The van der Waals surface area contributed by atoms with Crippen LogP contribution in [0.1, 0.15) is 124 Å². The zero-order valence-electron chi connectivity index (χ0n) is 23.2. The fourth-order valence-electron chi connectivity index (χ4n) is 5.03. The molecular weight excluding hydrogens is 496 g/mol. The number of nitrogens with zero attached hydrogens (tertiary/aromatic N) is 2. The molecule has 0 N–H and O–H groups in total. The van der Waals surface area contributed by atoms with Crippen molar-refractivity contribution in [3.05, 3.63) is 62.1 Å². The number of allylic oxidation sites excluding steroid dienone is 4. The van der Waals surface area contributed by atoms with Crippen molar-refractivity contribution in [1.82, 2.24) is 9.55 Å². The van der Waals surface area contributed by atoms with E-state index in [1.807, 2.05) is 12.1 Å². The molecule has 194 valence electrons. The molecular formula is C31H47BrN2O. The molecule has 0 saturated carbocycles. The Balaban J connectivity index is 0.00000137. The first kappa shape index (κ1) is 29.5. The molecule has 1 heterocycles. The Bertz CT molecular complexity index is 1070. The lowest BCUT2D eigenvalue weighted by Crippen LogP contribution is -2.25. The number of rotatable bonds is 10. The summed E-state index contributed by atoms with van der Waals surface area (Å²) in [5, 5.41) is 0.686. The normalized spacial score (nSPS) is 17.3. The third kappa shape index (κ3) is 7.41. The van der Waals surface area contributed by atoms with E-state index < -0.39 is 0 Å². The summed E-state index contributed by atoms with van der Waals surface area (Å²) < 4.78 is 3.17. The molecule has 0 amide bonds. The van der Waals surface area contributed by atoms with Gasteiger partial charge >= 0.3 is 0 Å². The maximum atomic E-state index is 12.9. The molecule has 1 aromatic carbocycles. The highest BCUT2D eigenvalue weighted by atomic mass is 79.9. The maximum Gasteiger partial charge on any atom is 0.281 e. The highest BCUT2D eigenvalue weighted by Gasteiger charge is 2.26. The molecule has 1 aromatic heterocycles. The van der Waals surface area contributed by atoms with Gasteiger partial charge in [-0.2, -0.15) is 4.98 Å². The molecule has 4 heteroatoms. The fraction of sp³-hybridized carbons (Fsp3) is 0.613. The molecule has 3 atom stereocenters. The van der Waals surface area contributed by atoms with Crippen LogP contribution in [-0.4, -0.2) is 9.55 Å². The second-order valence-electron chi connectivity index (χ2n) is 10.1. The molecule has 0 fully saturated rings. The number of aromatic nitrogens is 2. The molecule has 3 nitrogen and oxygen atoms in total. The second kappa shape index (κ2) is 14.8. The van der Waals surface area contributed by atoms with Gasteiger partial charge in [0.25, 0.3) is 5.56 Å². The Morgan fingerprint density at radius 1 is 1.09 bits per heavy atom. The minimum atomic E-state index is -0.133. The van der Waals surface area contributed by atoms with E-state index >= 15 is 0 Å². The summed E-state index contributed by atoms with van der Waals surface area (Å²) in [4.78, 5) is 17.5. The van der Waals surface area contributed by atoms with Crippen molar-refractivity contribution in [1.29, 1.82) is 0 Å². The first-order valence-corrected chi connectivity index (χ1v) is 14.7. The average molecular weight is 544 g/mol. The van der Waals surface area contributed by atoms with Gasteiger partial charge in [0.05, 0.1) is 16.9 Å². The summed E-state index contributed by atoms with van der Waals surface area (Å²) in [5.74, 6) is 1.80. The Kier molecular flexibility index (Phi) is 12.5. The first-order valence-electron chi connectivity index (χ1n) is 13.9. The molecule has 1 aliphatic rings. The van der Waals surface area contributed by atoms with Crippen molar-refractivity contribution in [3.8, 4) is 0 Å². The van der Waals surface area contributed by atoms with Crippen molar-refractivity contribution >= 4 is 26.8 Å². The Labute approximate surface area is 222 Å². The summed E-state index contributed by atoms with van der Waals surface area (Å²) in [6.45, 7) is 15.4. The molecule has 3 unspecified atom stereocenters. The van der Waals surface area contributed by atoms with Gasteiger partial charge in [-0.1, -0.05) is 91.9 Å². The van der Waals surface area contributed by atoms with Gasteiger partial charge < -0.3 is 4.57 Å². The van der Waals surface area contributed by atoms with E-state index in [-0.39, 0.29) is 17.5 Å². The molecule has 0 radical (unpaired) electrons. The number of hydrogen-bond acceptors (Lipinski definition) is 2. The van der Waals surface area contributed by atoms with Crippen LogP contribution in [0.4, 0.5) is 0 Å². The van der Waals surface area contributed by atoms with Crippen molar-refractivity contribution in [2.75, 3.05) is 0 Å².